The molecule has 5 amide bonds. The van der Waals surface area contributed by atoms with E-state index in [0.29, 0.717) is 22.4 Å². The van der Waals surface area contributed by atoms with Crippen molar-refractivity contribution in [2.75, 3.05) is 32.1 Å². The van der Waals surface area contributed by atoms with Gasteiger partial charge >= 0.3 is 18.2 Å². The minimum atomic E-state index is -4.65. The summed E-state index contributed by atoms with van der Waals surface area (Å²) in [5.74, 6) is -0.407. The first-order chi connectivity index (χ1) is 19.4. The quantitative estimate of drug-likeness (QED) is 0.431. The first-order valence-corrected chi connectivity index (χ1v) is 12.5. The van der Waals surface area contributed by atoms with Gasteiger partial charge in [-0.15, -0.1) is 0 Å². The lowest BCUT2D eigenvalue weighted by molar-refractivity contribution is -0.137. The van der Waals surface area contributed by atoms with Crippen LogP contribution in [0.2, 0.25) is 0 Å². The van der Waals surface area contributed by atoms with Gasteiger partial charge in [0.25, 0.3) is 0 Å². The van der Waals surface area contributed by atoms with Crippen molar-refractivity contribution in [3.05, 3.63) is 95.2 Å². The number of hydrogen-bond donors (Lipinski definition) is 1. The van der Waals surface area contributed by atoms with Crippen LogP contribution in [0.3, 0.4) is 0 Å². The van der Waals surface area contributed by atoms with Crippen molar-refractivity contribution < 1.29 is 27.6 Å². The van der Waals surface area contributed by atoms with E-state index in [1.165, 1.54) is 31.1 Å². The molecular weight excluding hydrogens is 535 g/mol. The predicted octanol–water partition coefficient (Wildman–Crippen LogP) is 5.72. The number of nitriles is 1. The maximum atomic E-state index is 13.7. The molecule has 210 valence electrons. The molecular formula is C30H26F3N5O3. The Morgan fingerprint density at radius 1 is 1.00 bits per heavy atom. The SMILES string of the molecule is CC1=C(c2ccccc2-c2ccc(C#N)cc2)CN(C(=O)NCC(=O)N(C)C)C(=O)N1c1cccc(C(F)(F)F)c1. The molecule has 0 fully saturated rings. The number of allylic oxidation sites excluding steroid dienone is 1. The standard InChI is InChI=1S/C30H26F3N5O3/c1-19-26(25-10-5-4-9-24(25)21-13-11-20(16-34)12-14-21)18-37(28(40)35-17-27(39)36(2)3)29(41)38(19)23-8-6-7-22(15-23)30(31,32)33/h4-15H,17-18H2,1-3H3,(H,35,40). The van der Waals surface area contributed by atoms with Crippen LogP contribution < -0.4 is 10.2 Å². The van der Waals surface area contributed by atoms with Gasteiger partial charge in [-0.2, -0.15) is 18.4 Å². The predicted molar refractivity (Wildman–Crippen MR) is 147 cm³/mol. The molecule has 1 heterocycles. The topological polar surface area (TPSA) is 96.7 Å². The molecule has 0 aliphatic carbocycles. The summed E-state index contributed by atoms with van der Waals surface area (Å²) in [5.41, 5.74) is 2.42. The van der Waals surface area contributed by atoms with Gasteiger partial charge in [-0.25, -0.2) is 14.5 Å². The van der Waals surface area contributed by atoms with Crippen molar-refractivity contribution in [3.8, 4) is 17.2 Å². The van der Waals surface area contributed by atoms with Crippen molar-refractivity contribution in [1.82, 2.24) is 15.1 Å². The number of likely N-dealkylation sites (N-methyl/N-ethyl adjacent to an activating group) is 1. The summed E-state index contributed by atoms with van der Waals surface area (Å²) < 4.78 is 40.7. The lowest BCUT2D eigenvalue weighted by Crippen LogP contribution is -2.54. The van der Waals surface area contributed by atoms with Crippen LogP contribution in [0.15, 0.2) is 78.5 Å². The summed E-state index contributed by atoms with van der Waals surface area (Å²) in [5, 5.41) is 11.6. The highest BCUT2D eigenvalue weighted by Crippen LogP contribution is 2.38. The molecule has 0 atom stereocenters. The van der Waals surface area contributed by atoms with Crippen molar-refractivity contribution >= 4 is 29.2 Å². The summed E-state index contributed by atoms with van der Waals surface area (Å²) in [4.78, 5) is 42.2. The van der Waals surface area contributed by atoms with Gasteiger partial charge in [0.2, 0.25) is 5.91 Å². The van der Waals surface area contributed by atoms with Gasteiger partial charge in [-0.05, 0) is 59.5 Å². The highest BCUT2D eigenvalue weighted by molar-refractivity contribution is 6.09. The molecule has 1 aliphatic heterocycles. The molecule has 11 heteroatoms. The number of benzene rings is 3. The molecule has 0 bridgehead atoms. The number of urea groups is 2. The summed E-state index contributed by atoms with van der Waals surface area (Å²) >= 11 is 0. The first-order valence-electron chi connectivity index (χ1n) is 12.5. The van der Waals surface area contributed by atoms with Gasteiger partial charge < -0.3 is 10.2 Å². The largest absolute Gasteiger partial charge is 0.416 e. The fourth-order valence-electron chi connectivity index (χ4n) is 4.43. The highest BCUT2D eigenvalue weighted by atomic mass is 19.4. The van der Waals surface area contributed by atoms with E-state index in [0.717, 1.165) is 33.1 Å². The highest BCUT2D eigenvalue weighted by Gasteiger charge is 2.38. The number of anilines is 1. The number of carbonyl (C=O) groups is 3. The van der Waals surface area contributed by atoms with Gasteiger partial charge in [-0.1, -0.05) is 42.5 Å². The summed E-state index contributed by atoms with van der Waals surface area (Å²) in [7, 11) is 3.03. The van der Waals surface area contributed by atoms with Gasteiger partial charge in [0.1, 0.15) is 0 Å². The summed E-state index contributed by atoms with van der Waals surface area (Å²) in [6, 6.07) is 18.7. The number of nitrogens with zero attached hydrogens (tertiary/aromatic N) is 4. The van der Waals surface area contributed by atoms with Crippen LogP contribution in [0.5, 0.6) is 0 Å². The molecule has 0 saturated carbocycles. The lowest BCUT2D eigenvalue weighted by atomic mass is 9.91. The second-order valence-corrected chi connectivity index (χ2v) is 9.50. The van der Waals surface area contributed by atoms with Crippen LogP contribution in [-0.4, -0.2) is 55.0 Å². The molecule has 41 heavy (non-hydrogen) atoms. The molecule has 3 aromatic rings. The zero-order chi connectivity index (χ0) is 29.9. The fourth-order valence-corrected chi connectivity index (χ4v) is 4.43. The van der Waals surface area contributed by atoms with E-state index in [1.54, 1.807) is 43.3 Å². The Hall–Kier alpha value is -5.11. The molecule has 0 radical (unpaired) electrons. The normalized spacial score (nSPS) is 13.6. The molecule has 4 rings (SSSR count). The van der Waals surface area contributed by atoms with Gasteiger partial charge in [0.05, 0.1) is 36.0 Å². The number of carbonyl (C=O) groups excluding carboxylic acids is 3. The second kappa shape index (κ2) is 11.6. The first kappa shape index (κ1) is 28.9. The molecule has 0 unspecified atom stereocenters. The third kappa shape index (κ3) is 6.06. The zero-order valence-corrected chi connectivity index (χ0v) is 22.5. The number of imide groups is 1. The Kier molecular flexibility index (Phi) is 8.14. The van der Waals surface area contributed by atoms with E-state index in [9.17, 15) is 32.8 Å². The Balaban J connectivity index is 1.85. The third-order valence-electron chi connectivity index (χ3n) is 6.65. The Bertz CT molecular complexity index is 1570. The number of amides is 5. The van der Waals surface area contributed by atoms with Crippen molar-refractivity contribution in [3.63, 3.8) is 0 Å². The van der Waals surface area contributed by atoms with E-state index in [1.807, 2.05) is 12.1 Å². The average Bonchev–Trinajstić information content (AvgIpc) is 2.95. The van der Waals surface area contributed by atoms with Crippen molar-refractivity contribution in [2.24, 2.45) is 0 Å². The van der Waals surface area contributed by atoms with E-state index >= 15 is 0 Å². The smallest absolute Gasteiger partial charge is 0.347 e. The number of alkyl halides is 3. The van der Waals surface area contributed by atoms with E-state index in [4.69, 9.17) is 0 Å². The van der Waals surface area contributed by atoms with Crippen LogP contribution in [-0.2, 0) is 11.0 Å². The lowest BCUT2D eigenvalue weighted by Gasteiger charge is -2.37. The zero-order valence-electron chi connectivity index (χ0n) is 22.5. The number of rotatable bonds is 5. The average molecular weight is 562 g/mol. The van der Waals surface area contributed by atoms with Gasteiger partial charge in [0, 0.05) is 19.8 Å². The molecule has 0 aromatic heterocycles. The minimum Gasteiger partial charge on any atom is -0.347 e. The maximum absolute atomic E-state index is 13.7. The summed E-state index contributed by atoms with van der Waals surface area (Å²) in [6.07, 6.45) is -4.65. The summed E-state index contributed by atoms with van der Waals surface area (Å²) in [6.45, 7) is 1.03. The molecule has 1 aliphatic rings. The van der Waals surface area contributed by atoms with Crippen LogP contribution in [0.4, 0.5) is 28.4 Å². The number of hydrogen-bond acceptors (Lipinski definition) is 4. The van der Waals surface area contributed by atoms with Gasteiger partial charge in [-0.3, -0.25) is 9.69 Å². The monoisotopic (exact) mass is 561 g/mol. The van der Waals surface area contributed by atoms with Crippen LogP contribution in [0.1, 0.15) is 23.6 Å². The van der Waals surface area contributed by atoms with E-state index in [2.05, 4.69) is 11.4 Å². The van der Waals surface area contributed by atoms with Gasteiger partial charge in [0.15, 0.2) is 0 Å². The van der Waals surface area contributed by atoms with E-state index < -0.39 is 29.7 Å². The Morgan fingerprint density at radius 2 is 1.66 bits per heavy atom. The number of nitrogens with one attached hydrogen (secondary N) is 1. The maximum Gasteiger partial charge on any atom is 0.416 e. The van der Waals surface area contributed by atoms with Crippen molar-refractivity contribution in [2.45, 2.75) is 13.1 Å². The van der Waals surface area contributed by atoms with Crippen LogP contribution in [0, 0.1) is 11.3 Å². The molecule has 8 nitrogen and oxygen atoms in total. The minimum absolute atomic E-state index is 0.0717. The third-order valence-corrected chi connectivity index (χ3v) is 6.65. The molecule has 3 aromatic carbocycles. The van der Waals surface area contributed by atoms with Crippen LogP contribution in [0.25, 0.3) is 16.7 Å². The van der Waals surface area contributed by atoms with E-state index in [-0.39, 0.29) is 18.8 Å². The second-order valence-electron chi connectivity index (χ2n) is 9.50. The molecule has 0 spiro atoms. The molecule has 0 saturated heterocycles. The molecule has 1 N–H and O–H groups in total. The Labute approximate surface area is 234 Å². The fraction of sp³-hybridized carbons (Fsp3) is 0.200. The Morgan fingerprint density at radius 3 is 2.27 bits per heavy atom. The van der Waals surface area contributed by atoms with Crippen molar-refractivity contribution in [1.29, 1.82) is 5.26 Å². The number of halogens is 3. The van der Waals surface area contributed by atoms with Crippen LogP contribution >= 0.6 is 0 Å².